The van der Waals surface area contributed by atoms with Crippen LogP contribution in [0.3, 0.4) is 0 Å². The molecule has 0 aromatic heterocycles. The molecule has 0 radical (unpaired) electrons. The minimum absolute atomic E-state index is 0.0649. The van der Waals surface area contributed by atoms with Gasteiger partial charge in [0.05, 0.1) is 12.2 Å². The summed E-state index contributed by atoms with van der Waals surface area (Å²) in [6, 6.07) is 6.30. The van der Waals surface area contributed by atoms with Crippen LogP contribution in [0.5, 0.6) is 0 Å². The quantitative estimate of drug-likeness (QED) is 0.913. The predicted octanol–water partition coefficient (Wildman–Crippen LogP) is 3.83. The van der Waals surface area contributed by atoms with E-state index in [4.69, 9.17) is 0 Å². The Bertz CT molecular complexity index is 539. The molecule has 0 amide bonds. The zero-order valence-corrected chi connectivity index (χ0v) is 12.7. The molecule has 1 aromatic carbocycles. The third-order valence-electron chi connectivity index (χ3n) is 5.63. The predicted molar refractivity (Wildman–Crippen MR) is 78.2 cm³/mol. The maximum absolute atomic E-state index is 12.8. The Morgan fingerprint density at radius 1 is 1.32 bits per heavy atom. The zero-order chi connectivity index (χ0) is 16.0. The summed E-state index contributed by atoms with van der Waals surface area (Å²) in [5.74, 6) is 0. The van der Waals surface area contributed by atoms with E-state index in [-0.39, 0.29) is 12.0 Å². The molecule has 122 valence electrons. The minimum atomic E-state index is -4.29. The number of hydrogen-bond donors (Lipinski definition) is 1. The Morgan fingerprint density at radius 2 is 2.09 bits per heavy atom. The fourth-order valence-corrected chi connectivity index (χ4v) is 4.38. The molecule has 3 atom stereocenters. The third-order valence-corrected chi connectivity index (χ3v) is 5.63. The molecule has 2 heterocycles. The second-order valence-corrected chi connectivity index (χ2v) is 6.70. The minimum Gasteiger partial charge on any atom is -0.396 e. The largest absolute Gasteiger partial charge is 0.416 e. The van der Waals surface area contributed by atoms with Crippen LogP contribution in [0.1, 0.15) is 43.7 Å². The fraction of sp³-hybridized carbons (Fsp3) is 0.647. The van der Waals surface area contributed by atoms with Gasteiger partial charge in [0.15, 0.2) is 0 Å². The van der Waals surface area contributed by atoms with Crippen molar-refractivity contribution in [1.29, 1.82) is 0 Å². The summed E-state index contributed by atoms with van der Waals surface area (Å²) in [5.41, 5.74) is 0.0573. The second-order valence-electron chi connectivity index (χ2n) is 6.70. The summed E-state index contributed by atoms with van der Waals surface area (Å²) in [4.78, 5) is 2.31. The van der Waals surface area contributed by atoms with Crippen LogP contribution in [0.15, 0.2) is 24.3 Å². The van der Waals surface area contributed by atoms with Crippen LogP contribution < -0.4 is 0 Å². The van der Waals surface area contributed by atoms with E-state index in [1.807, 2.05) is 0 Å². The van der Waals surface area contributed by atoms with Crippen LogP contribution in [-0.4, -0.2) is 28.7 Å². The van der Waals surface area contributed by atoms with Gasteiger partial charge < -0.3 is 5.11 Å². The number of fused-ring (bicyclic) bond motifs is 2. The van der Waals surface area contributed by atoms with Gasteiger partial charge in [0.25, 0.3) is 0 Å². The monoisotopic (exact) mass is 313 g/mol. The number of aliphatic hydroxyl groups excluding tert-OH is 1. The van der Waals surface area contributed by atoms with Crippen molar-refractivity contribution in [2.75, 3.05) is 6.61 Å². The van der Waals surface area contributed by atoms with Crippen molar-refractivity contribution in [1.82, 2.24) is 4.90 Å². The number of nitrogens with zero attached hydrogens (tertiary/aromatic N) is 1. The van der Waals surface area contributed by atoms with E-state index >= 15 is 0 Å². The highest BCUT2D eigenvalue weighted by atomic mass is 19.4. The first-order valence-electron chi connectivity index (χ1n) is 7.92. The molecule has 3 rings (SSSR count). The maximum Gasteiger partial charge on any atom is 0.416 e. The van der Waals surface area contributed by atoms with Gasteiger partial charge in [-0.25, -0.2) is 0 Å². The average molecular weight is 313 g/mol. The fourth-order valence-electron chi connectivity index (χ4n) is 4.38. The Labute approximate surface area is 128 Å². The summed E-state index contributed by atoms with van der Waals surface area (Å²) >= 11 is 0. The molecule has 5 heteroatoms. The molecule has 2 aliphatic heterocycles. The molecule has 1 aromatic rings. The molecule has 2 saturated heterocycles. The highest BCUT2D eigenvalue weighted by Gasteiger charge is 2.54. The summed E-state index contributed by atoms with van der Waals surface area (Å²) in [6.07, 6.45) is -0.283. The zero-order valence-electron chi connectivity index (χ0n) is 12.7. The first-order chi connectivity index (χ1) is 10.4. The molecule has 2 aliphatic rings. The van der Waals surface area contributed by atoms with Gasteiger partial charge in [0.2, 0.25) is 0 Å². The Balaban J connectivity index is 1.80. The number of halogens is 3. The molecule has 2 fully saturated rings. The van der Waals surface area contributed by atoms with Crippen LogP contribution in [0.25, 0.3) is 0 Å². The Kier molecular flexibility index (Phi) is 3.98. The van der Waals surface area contributed by atoms with Crippen LogP contribution in [0.4, 0.5) is 13.2 Å². The molecule has 0 saturated carbocycles. The van der Waals surface area contributed by atoms with Crippen molar-refractivity contribution in [3.8, 4) is 0 Å². The van der Waals surface area contributed by atoms with E-state index < -0.39 is 11.7 Å². The number of rotatable bonds is 4. The first-order valence-corrected chi connectivity index (χ1v) is 7.92. The molecular formula is C17H22F3NO. The van der Waals surface area contributed by atoms with Crippen molar-refractivity contribution in [2.24, 2.45) is 5.41 Å². The van der Waals surface area contributed by atoms with Crippen molar-refractivity contribution in [2.45, 2.75) is 57.4 Å². The summed E-state index contributed by atoms with van der Waals surface area (Å²) < 4.78 is 38.5. The molecule has 1 N–H and O–H groups in total. The Hall–Kier alpha value is -1.07. The van der Waals surface area contributed by atoms with Gasteiger partial charge >= 0.3 is 6.18 Å². The summed E-state index contributed by atoms with van der Waals surface area (Å²) in [7, 11) is 0. The summed E-state index contributed by atoms with van der Waals surface area (Å²) in [5, 5.41) is 9.80. The number of benzene rings is 1. The molecule has 0 spiro atoms. The number of alkyl halides is 3. The van der Waals surface area contributed by atoms with Gasteiger partial charge in [0, 0.05) is 24.0 Å². The van der Waals surface area contributed by atoms with Crippen LogP contribution in [0.2, 0.25) is 0 Å². The molecule has 0 aliphatic carbocycles. The van der Waals surface area contributed by atoms with Crippen molar-refractivity contribution < 1.29 is 18.3 Å². The van der Waals surface area contributed by atoms with Gasteiger partial charge in [-0.15, -0.1) is 0 Å². The van der Waals surface area contributed by atoms with Crippen LogP contribution in [-0.2, 0) is 12.7 Å². The second kappa shape index (κ2) is 5.53. The van der Waals surface area contributed by atoms with E-state index in [0.717, 1.165) is 31.7 Å². The van der Waals surface area contributed by atoms with E-state index in [2.05, 4.69) is 11.8 Å². The van der Waals surface area contributed by atoms with Crippen molar-refractivity contribution in [3.05, 3.63) is 35.4 Å². The first kappa shape index (κ1) is 15.8. The van der Waals surface area contributed by atoms with Gasteiger partial charge in [-0.05, 0) is 37.3 Å². The van der Waals surface area contributed by atoms with Crippen LogP contribution >= 0.6 is 0 Å². The molecule has 22 heavy (non-hydrogen) atoms. The smallest absolute Gasteiger partial charge is 0.396 e. The molecular weight excluding hydrogens is 291 g/mol. The molecule has 0 unspecified atom stereocenters. The lowest BCUT2D eigenvalue weighted by atomic mass is 9.72. The topological polar surface area (TPSA) is 23.5 Å². The number of hydrogen-bond acceptors (Lipinski definition) is 2. The normalized spacial score (nSPS) is 31.9. The lowest BCUT2D eigenvalue weighted by Crippen LogP contribution is -2.39. The summed E-state index contributed by atoms with van der Waals surface area (Å²) in [6.45, 7) is 2.81. The lowest BCUT2D eigenvalue weighted by molar-refractivity contribution is -0.137. The number of aliphatic hydroxyl groups is 1. The van der Waals surface area contributed by atoms with E-state index in [0.29, 0.717) is 24.2 Å². The molecule has 2 bridgehead atoms. The van der Waals surface area contributed by atoms with Crippen molar-refractivity contribution in [3.63, 3.8) is 0 Å². The molecule has 2 nitrogen and oxygen atoms in total. The van der Waals surface area contributed by atoms with E-state index in [1.54, 1.807) is 6.07 Å². The van der Waals surface area contributed by atoms with E-state index in [1.165, 1.54) is 12.1 Å². The highest BCUT2D eigenvalue weighted by molar-refractivity contribution is 5.26. The third kappa shape index (κ3) is 2.54. The lowest BCUT2D eigenvalue weighted by Gasteiger charge is -2.35. The van der Waals surface area contributed by atoms with E-state index in [9.17, 15) is 18.3 Å². The Morgan fingerprint density at radius 3 is 2.68 bits per heavy atom. The van der Waals surface area contributed by atoms with Gasteiger partial charge in [-0.1, -0.05) is 25.1 Å². The highest BCUT2D eigenvalue weighted by Crippen LogP contribution is 2.51. The SMILES string of the molecule is CC[C@@]1(CO)C[C@@H]2CC[C@H]1N2Cc1cccc(C(F)(F)F)c1. The van der Waals surface area contributed by atoms with Gasteiger partial charge in [-0.3, -0.25) is 4.90 Å². The maximum atomic E-state index is 12.8. The standard InChI is InChI=1S/C17H22F3NO/c1-2-16(11-22)9-14-6-7-15(16)21(14)10-12-4-3-5-13(8-12)17(18,19)20/h3-5,8,14-15,22H,2,6-7,9-11H2,1H3/t14-,15+,16-/m0/s1. The van der Waals surface area contributed by atoms with Crippen LogP contribution in [0, 0.1) is 5.41 Å². The van der Waals surface area contributed by atoms with Crippen molar-refractivity contribution >= 4 is 0 Å². The van der Waals surface area contributed by atoms with Gasteiger partial charge in [-0.2, -0.15) is 13.2 Å². The van der Waals surface area contributed by atoms with Gasteiger partial charge in [0.1, 0.15) is 0 Å². The average Bonchev–Trinajstić information content (AvgIpc) is 3.02.